The van der Waals surface area contributed by atoms with Gasteiger partial charge in [0.15, 0.2) is 5.58 Å². The highest BCUT2D eigenvalue weighted by molar-refractivity contribution is 7.26. The molecule has 0 aliphatic carbocycles. The summed E-state index contributed by atoms with van der Waals surface area (Å²) in [5, 5.41) is 14.8. The summed E-state index contributed by atoms with van der Waals surface area (Å²) in [5.41, 5.74) is 9.43. The van der Waals surface area contributed by atoms with Crippen molar-refractivity contribution in [3.63, 3.8) is 0 Å². The zero-order valence-electron chi connectivity index (χ0n) is 29.1. The van der Waals surface area contributed by atoms with E-state index in [0.29, 0.717) is 0 Å². The number of hydrogen-bond acceptors (Lipinski definition) is 2. The van der Waals surface area contributed by atoms with Crippen molar-refractivity contribution in [2.24, 2.45) is 0 Å². The minimum atomic E-state index is 0.970. The Morgan fingerprint density at radius 3 is 1.59 bits per heavy atom. The van der Waals surface area contributed by atoms with Crippen LogP contribution < -0.4 is 0 Å². The third kappa shape index (κ3) is 4.26. The van der Waals surface area contributed by atoms with E-state index in [1.165, 1.54) is 102 Å². The van der Waals surface area contributed by atoms with E-state index in [4.69, 9.17) is 4.42 Å². The summed E-state index contributed by atoms with van der Waals surface area (Å²) in [5.74, 6) is 0. The molecule has 10 aromatic carbocycles. The molecule has 0 spiro atoms. The highest BCUT2D eigenvalue weighted by Crippen LogP contribution is 2.47. The number of hydrogen-bond donors (Lipinski definition) is 0. The van der Waals surface area contributed by atoms with Crippen LogP contribution in [0.25, 0.3) is 119 Å². The normalized spacial score (nSPS) is 12.1. The molecule has 0 aliphatic heterocycles. The molecular formula is C52H30OS. The number of fused-ring (bicyclic) bond motifs is 12. The number of rotatable bonds is 3. The monoisotopic (exact) mass is 702 g/mol. The fourth-order valence-corrected chi connectivity index (χ4v) is 10.1. The van der Waals surface area contributed by atoms with Crippen LogP contribution in [-0.4, -0.2) is 0 Å². The summed E-state index contributed by atoms with van der Waals surface area (Å²) < 4.78 is 9.18. The maximum atomic E-state index is 6.70. The Bertz CT molecular complexity index is 3430. The quantitative estimate of drug-likeness (QED) is 0.167. The SMILES string of the molecule is c1ccc2c(-c3c4ccccc4c(-c4ccc(-c5ccc6sc7c(ccc8c9ccc%10ccccc%10c9oc87)c6c5)cc4)c4ccccc34)cccc2c1. The molecule has 0 N–H and O–H groups in total. The van der Waals surface area contributed by atoms with Crippen molar-refractivity contribution in [1.82, 2.24) is 0 Å². The van der Waals surface area contributed by atoms with E-state index in [9.17, 15) is 0 Å². The Labute approximate surface area is 314 Å². The minimum Gasteiger partial charge on any atom is -0.454 e. The lowest BCUT2D eigenvalue weighted by atomic mass is 9.84. The molecule has 0 aliphatic rings. The van der Waals surface area contributed by atoms with Crippen molar-refractivity contribution < 1.29 is 4.42 Å². The molecule has 0 radical (unpaired) electrons. The maximum absolute atomic E-state index is 6.70. The van der Waals surface area contributed by atoms with Crippen LogP contribution in [0.4, 0.5) is 0 Å². The topological polar surface area (TPSA) is 13.1 Å². The van der Waals surface area contributed by atoms with Crippen LogP contribution in [-0.2, 0) is 0 Å². The van der Waals surface area contributed by atoms with E-state index in [1.807, 2.05) is 11.3 Å². The van der Waals surface area contributed by atoms with Gasteiger partial charge in [0, 0.05) is 31.6 Å². The molecule has 0 saturated heterocycles. The first-order chi connectivity index (χ1) is 26.8. The molecule has 250 valence electrons. The van der Waals surface area contributed by atoms with Gasteiger partial charge in [0.25, 0.3) is 0 Å². The van der Waals surface area contributed by atoms with E-state index in [2.05, 4.69) is 182 Å². The first kappa shape index (κ1) is 29.8. The highest BCUT2D eigenvalue weighted by atomic mass is 32.1. The van der Waals surface area contributed by atoms with E-state index in [-0.39, 0.29) is 0 Å². The second-order valence-corrected chi connectivity index (χ2v) is 15.4. The smallest absolute Gasteiger partial charge is 0.153 e. The van der Waals surface area contributed by atoms with E-state index >= 15 is 0 Å². The Kier molecular flexibility index (Phi) is 6.28. The summed E-state index contributed by atoms with van der Waals surface area (Å²) in [6.07, 6.45) is 0. The van der Waals surface area contributed by atoms with E-state index in [0.717, 1.165) is 16.6 Å². The second-order valence-electron chi connectivity index (χ2n) is 14.3. The average Bonchev–Trinajstić information content (AvgIpc) is 3.81. The van der Waals surface area contributed by atoms with Crippen LogP contribution in [0.3, 0.4) is 0 Å². The van der Waals surface area contributed by atoms with Crippen molar-refractivity contribution in [1.29, 1.82) is 0 Å². The van der Waals surface area contributed by atoms with Crippen molar-refractivity contribution >= 4 is 96.5 Å². The van der Waals surface area contributed by atoms with Crippen molar-refractivity contribution in [3.8, 4) is 33.4 Å². The molecule has 12 rings (SSSR count). The van der Waals surface area contributed by atoms with Gasteiger partial charge in [0.1, 0.15) is 5.58 Å². The lowest BCUT2D eigenvalue weighted by Gasteiger charge is -2.19. The van der Waals surface area contributed by atoms with Crippen LogP contribution in [0.5, 0.6) is 0 Å². The minimum absolute atomic E-state index is 0.970. The lowest BCUT2D eigenvalue weighted by molar-refractivity contribution is 0.677. The van der Waals surface area contributed by atoms with Crippen molar-refractivity contribution in [2.45, 2.75) is 0 Å². The fourth-order valence-electron chi connectivity index (χ4n) is 8.98. The zero-order chi connectivity index (χ0) is 35.3. The predicted molar refractivity (Wildman–Crippen MR) is 233 cm³/mol. The van der Waals surface area contributed by atoms with Gasteiger partial charge in [0.05, 0.1) is 4.70 Å². The first-order valence-corrected chi connectivity index (χ1v) is 19.3. The number of thiophene rings is 1. The number of benzene rings is 10. The fraction of sp³-hybridized carbons (Fsp3) is 0. The first-order valence-electron chi connectivity index (χ1n) is 18.5. The van der Waals surface area contributed by atoms with E-state index in [1.54, 1.807) is 0 Å². The Morgan fingerprint density at radius 1 is 0.315 bits per heavy atom. The largest absolute Gasteiger partial charge is 0.454 e. The molecule has 0 bridgehead atoms. The van der Waals surface area contributed by atoms with Crippen molar-refractivity contribution in [2.75, 3.05) is 0 Å². The van der Waals surface area contributed by atoms with Gasteiger partial charge in [-0.15, -0.1) is 11.3 Å². The van der Waals surface area contributed by atoms with E-state index < -0.39 is 0 Å². The molecule has 0 unspecified atom stereocenters. The van der Waals surface area contributed by atoms with Gasteiger partial charge in [-0.25, -0.2) is 0 Å². The molecular weight excluding hydrogens is 673 g/mol. The third-order valence-corrected chi connectivity index (χ3v) is 12.7. The molecule has 2 heteroatoms. The van der Waals surface area contributed by atoms with Crippen molar-refractivity contribution in [3.05, 3.63) is 182 Å². The molecule has 0 fully saturated rings. The summed E-state index contributed by atoms with van der Waals surface area (Å²) in [4.78, 5) is 0. The van der Waals surface area contributed by atoms with Crippen LogP contribution in [0.2, 0.25) is 0 Å². The molecule has 0 atom stereocenters. The molecule has 2 heterocycles. The Balaban J connectivity index is 0.998. The summed E-state index contributed by atoms with van der Waals surface area (Å²) in [6.45, 7) is 0. The maximum Gasteiger partial charge on any atom is 0.153 e. The molecule has 0 amide bonds. The van der Waals surface area contributed by atoms with Crippen LogP contribution in [0.1, 0.15) is 0 Å². The summed E-state index contributed by atoms with van der Waals surface area (Å²) >= 11 is 1.82. The van der Waals surface area contributed by atoms with Crippen LogP contribution in [0, 0.1) is 0 Å². The van der Waals surface area contributed by atoms with Gasteiger partial charge in [-0.1, -0.05) is 158 Å². The standard InChI is InChI=1S/C52H30OS/c1-3-13-36-32(10-1)12-9-19-38(36)49-41-17-7-5-15-39(41)48(40-16-6-8-18-42(40)49)34-22-20-31(21-23-34)35-25-29-47-46(30-35)45-28-27-44-43-26-24-33-11-2-4-14-37(33)50(43)53-51(44)52(45)54-47/h1-30H. The van der Waals surface area contributed by atoms with Gasteiger partial charge in [-0.2, -0.15) is 0 Å². The third-order valence-electron chi connectivity index (χ3n) is 11.5. The highest BCUT2D eigenvalue weighted by Gasteiger charge is 2.19. The number of furan rings is 1. The van der Waals surface area contributed by atoms with Gasteiger partial charge in [0.2, 0.25) is 0 Å². The second kappa shape index (κ2) is 11.4. The van der Waals surface area contributed by atoms with Gasteiger partial charge in [-0.3, -0.25) is 0 Å². The van der Waals surface area contributed by atoms with Gasteiger partial charge in [-0.05, 0) is 95.3 Å². The molecule has 2 aromatic heterocycles. The zero-order valence-corrected chi connectivity index (χ0v) is 30.0. The van der Waals surface area contributed by atoms with Crippen LogP contribution >= 0.6 is 11.3 Å². The molecule has 12 aromatic rings. The Hall–Kier alpha value is -6.74. The lowest BCUT2D eigenvalue weighted by Crippen LogP contribution is -1.91. The Morgan fingerprint density at radius 2 is 0.852 bits per heavy atom. The van der Waals surface area contributed by atoms with Gasteiger partial charge >= 0.3 is 0 Å². The summed E-state index contributed by atoms with van der Waals surface area (Å²) in [6, 6.07) is 66.7. The average molecular weight is 703 g/mol. The molecule has 54 heavy (non-hydrogen) atoms. The predicted octanol–water partition coefficient (Wildman–Crippen LogP) is 15.6. The van der Waals surface area contributed by atoms with Gasteiger partial charge < -0.3 is 4.42 Å². The van der Waals surface area contributed by atoms with Crippen LogP contribution in [0.15, 0.2) is 186 Å². The molecule has 1 nitrogen and oxygen atoms in total. The molecule has 0 saturated carbocycles. The summed E-state index contributed by atoms with van der Waals surface area (Å²) in [7, 11) is 0.